The third-order valence-electron chi connectivity index (χ3n) is 4.35. The van der Waals surface area contributed by atoms with Gasteiger partial charge in [0.15, 0.2) is 5.82 Å². The van der Waals surface area contributed by atoms with Crippen molar-refractivity contribution in [1.82, 2.24) is 14.9 Å². The summed E-state index contributed by atoms with van der Waals surface area (Å²) in [5, 5.41) is 0. The van der Waals surface area contributed by atoms with E-state index in [0.29, 0.717) is 5.82 Å². The molecule has 1 atom stereocenters. The van der Waals surface area contributed by atoms with Crippen LogP contribution in [-0.4, -0.2) is 34.4 Å². The van der Waals surface area contributed by atoms with Crippen LogP contribution in [0.1, 0.15) is 28.6 Å². The lowest BCUT2D eigenvalue weighted by Gasteiger charge is -2.40. The summed E-state index contributed by atoms with van der Waals surface area (Å²) in [6, 6.07) is 15.6. The standard InChI is InChI=1S/C18H17N3O2/c1-23-13-6-4-5-12(11-13)16-9-10-21(16)18(22)17-19-14-7-2-3-8-15(14)20-17/h2-8,11,16H,9-10H2,1H3,(H,19,20)/t16-/m1/s1. The Balaban J connectivity index is 1.60. The number of para-hydroxylation sites is 2. The van der Waals surface area contributed by atoms with Crippen LogP contribution in [0.25, 0.3) is 11.0 Å². The summed E-state index contributed by atoms with van der Waals surface area (Å²) in [6.45, 7) is 0.748. The maximum atomic E-state index is 12.7. The van der Waals surface area contributed by atoms with Gasteiger partial charge in [-0.25, -0.2) is 4.98 Å². The first-order chi connectivity index (χ1) is 11.3. The van der Waals surface area contributed by atoms with Gasteiger partial charge < -0.3 is 14.6 Å². The van der Waals surface area contributed by atoms with Gasteiger partial charge in [-0.15, -0.1) is 0 Å². The number of aromatic amines is 1. The van der Waals surface area contributed by atoms with Crippen LogP contribution in [0.3, 0.4) is 0 Å². The third kappa shape index (κ3) is 2.34. The lowest BCUT2D eigenvalue weighted by molar-refractivity contribution is 0.0448. The summed E-state index contributed by atoms with van der Waals surface area (Å²) >= 11 is 0. The maximum absolute atomic E-state index is 12.7. The van der Waals surface area contributed by atoms with E-state index < -0.39 is 0 Å². The average Bonchev–Trinajstić information content (AvgIpc) is 2.98. The zero-order valence-electron chi connectivity index (χ0n) is 12.8. The minimum atomic E-state index is -0.0553. The van der Waals surface area contributed by atoms with Crippen molar-refractivity contribution < 1.29 is 9.53 Å². The van der Waals surface area contributed by atoms with Gasteiger partial charge in [0.2, 0.25) is 0 Å². The molecule has 1 saturated heterocycles. The smallest absolute Gasteiger partial charge is 0.290 e. The first kappa shape index (κ1) is 13.8. The number of nitrogens with one attached hydrogen (secondary N) is 1. The number of carbonyl (C=O) groups excluding carboxylic acids is 1. The van der Waals surface area contributed by atoms with Crippen molar-refractivity contribution in [2.75, 3.05) is 13.7 Å². The van der Waals surface area contributed by atoms with E-state index in [1.54, 1.807) is 7.11 Å². The molecule has 1 fully saturated rings. The number of likely N-dealkylation sites (tertiary alicyclic amines) is 1. The van der Waals surface area contributed by atoms with E-state index in [4.69, 9.17) is 4.74 Å². The Morgan fingerprint density at radius 1 is 1.26 bits per heavy atom. The predicted molar refractivity (Wildman–Crippen MR) is 87.5 cm³/mol. The van der Waals surface area contributed by atoms with E-state index in [9.17, 15) is 4.79 Å². The molecular weight excluding hydrogens is 290 g/mol. The number of amides is 1. The van der Waals surface area contributed by atoms with E-state index in [1.165, 1.54) is 0 Å². The van der Waals surface area contributed by atoms with Crippen LogP contribution in [0.2, 0.25) is 0 Å². The molecule has 3 aromatic rings. The topological polar surface area (TPSA) is 58.2 Å². The number of imidazole rings is 1. The Morgan fingerprint density at radius 3 is 2.87 bits per heavy atom. The number of aromatic nitrogens is 2. The van der Waals surface area contributed by atoms with Crippen molar-refractivity contribution in [3.05, 3.63) is 59.9 Å². The van der Waals surface area contributed by atoms with Gasteiger partial charge in [0.05, 0.1) is 24.2 Å². The van der Waals surface area contributed by atoms with Crippen LogP contribution < -0.4 is 4.74 Å². The lowest BCUT2D eigenvalue weighted by Crippen LogP contribution is -2.45. The van der Waals surface area contributed by atoms with Crippen molar-refractivity contribution >= 4 is 16.9 Å². The molecule has 2 heterocycles. The Bertz CT molecular complexity index is 838. The summed E-state index contributed by atoms with van der Waals surface area (Å²) in [4.78, 5) is 22.1. The molecule has 0 saturated carbocycles. The Morgan fingerprint density at radius 2 is 2.13 bits per heavy atom. The molecular formula is C18H17N3O2. The largest absolute Gasteiger partial charge is 0.497 e. The number of fused-ring (bicyclic) bond motifs is 1. The minimum Gasteiger partial charge on any atom is -0.497 e. The monoisotopic (exact) mass is 307 g/mol. The summed E-state index contributed by atoms with van der Waals surface area (Å²) in [5.74, 6) is 1.16. The molecule has 1 amide bonds. The molecule has 0 bridgehead atoms. The minimum absolute atomic E-state index is 0.0553. The maximum Gasteiger partial charge on any atom is 0.290 e. The number of methoxy groups -OCH3 is 1. The summed E-state index contributed by atoms with van der Waals surface area (Å²) in [6.07, 6.45) is 0.957. The second-order valence-corrected chi connectivity index (χ2v) is 5.68. The molecule has 23 heavy (non-hydrogen) atoms. The molecule has 0 aliphatic carbocycles. The van der Waals surface area contributed by atoms with Crippen molar-refractivity contribution in [3.8, 4) is 5.75 Å². The van der Waals surface area contributed by atoms with Crippen LogP contribution in [-0.2, 0) is 0 Å². The average molecular weight is 307 g/mol. The highest BCUT2D eigenvalue weighted by molar-refractivity contribution is 5.94. The zero-order valence-corrected chi connectivity index (χ0v) is 12.8. The van der Waals surface area contributed by atoms with E-state index in [-0.39, 0.29) is 11.9 Å². The van der Waals surface area contributed by atoms with Crippen LogP contribution in [0.5, 0.6) is 5.75 Å². The van der Waals surface area contributed by atoms with Gasteiger partial charge in [0.1, 0.15) is 5.75 Å². The van der Waals surface area contributed by atoms with Crippen molar-refractivity contribution in [1.29, 1.82) is 0 Å². The molecule has 0 spiro atoms. The number of nitrogens with zero attached hydrogens (tertiary/aromatic N) is 2. The van der Waals surface area contributed by atoms with E-state index >= 15 is 0 Å². The van der Waals surface area contributed by atoms with Crippen LogP contribution in [0.4, 0.5) is 0 Å². The van der Waals surface area contributed by atoms with Crippen molar-refractivity contribution in [2.24, 2.45) is 0 Å². The normalized spacial score (nSPS) is 17.1. The molecule has 1 N–H and O–H groups in total. The number of benzene rings is 2. The Labute approximate surface area is 133 Å². The number of hydrogen-bond acceptors (Lipinski definition) is 3. The highest BCUT2D eigenvalue weighted by Gasteiger charge is 2.35. The first-order valence-corrected chi connectivity index (χ1v) is 7.66. The molecule has 0 unspecified atom stereocenters. The molecule has 0 radical (unpaired) electrons. The van der Waals surface area contributed by atoms with Gasteiger partial charge in [-0.2, -0.15) is 0 Å². The Kier molecular flexibility index (Phi) is 3.26. The molecule has 5 heteroatoms. The van der Waals surface area contributed by atoms with Crippen molar-refractivity contribution in [2.45, 2.75) is 12.5 Å². The highest BCUT2D eigenvalue weighted by atomic mass is 16.5. The predicted octanol–water partition coefficient (Wildman–Crippen LogP) is 3.16. The second-order valence-electron chi connectivity index (χ2n) is 5.68. The van der Waals surface area contributed by atoms with E-state index in [1.807, 2.05) is 53.4 Å². The third-order valence-corrected chi connectivity index (χ3v) is 4.35. The number of rotatable bonds is 3. The van der Waals surface area contributed by atoms with Crippen molar-refractivity contribution in [3.63, 3.8) is 0 Å². The van der Waals surface area contributed by atoms with Crippen LogP contribution >= 0.6 is 0 Å². The summed E-state index contributed by atoms with van der Waals surface area (Å²) in [5.41, 5.74) is 2.80. The zero-order chi connectivity index (χ0) is 15.8. The number of ether oxygens (including phenoxy) is 1. The lowest BCUT2D eigenvalue weighted by atomic mass is 9.94. The van der Waals surface area contributed by atoms with Gasteiger partial charge in [-0.05, 0) is 36.2 Å². The van der Waals surface area contributed by atoms with Crippen LogP contribution in [0, 0.1) is 0 Å². The van der Waals surface area contributed by atoms with E-state index in [0.717, 1.165) is 35.3 Å². The number of hydrogen-bond donors (Lipinski definition) is 1. The summed E-state index contributed by atoms with van der Waals surface area (Å²) < 4.78 is 5.27. The van der Waals surface area contributed by atoms with Gasteiger partial charge in [0.25, 0.3) is 5.91 Å². The van der Waals surface area contributed by atoms with E-state index in [2.05, 4.69) is 9.97 Å². The van der Waals surface area contributed by atoms with Gasteiger partial charge in [-0.3, -0.25) is 4.79 Å². The quantitative estimate of drug-likeness (QED) is 0.808. The molecule has 4 rings (SSSR count). The molecule has 1 aromatic heterocycles. The first-order valence-electron chi connectivity index (χ1n) is 7.66. The fraction of sp³-hybridized carbons (Fsp3) is 0.222. The Hall–Kier alpha value is -2.82. The SMILES string of the molecule is COc1cccc([C@H]2CCN2C(=O)c2nc3ccccc3[nH]2)c1. The van der Waals surface area contributed by atoms with Gasteiger partial charge >= 0.3 is 0 Å². The molecule has 2 aromatic carbocycles. The van der Waals surface area contributed by atoms with Crippen LogP contribution in [0.15, 0.2) is 48.5 Å². The van der Waals surface area contributed by atoms with Gasteiger partial charge in [-0.1, -0.05) is 24.3 Å². The fourth-order valence-electron chi connectivity index (χ4n) is 3.02. The number of H-pyrrole nitrogens is 1. The fourth-order valence-corrected chi connectivity index (χ4v) is 3.02. The number of carbonyl (C=O) groups is 1. The molecule has 5 nitrogen and oxygen atoms in total. The highest BCUT2D eigenvalue weighted by Crippen LogP contribution is 2.35. The molecule has 116 valence electrons. The van der Waals surface area contributed by atoms with Gasteiger partial charge in [0, 0.05) is 6.54 Å². The molecule has 1 aliphatic heterocycles. The second kappa shape index (κ2) is 5.43. The molecule has 1 aliphatic rings. The summed E-state index contributed by atoms with van der Waals surface area (Å²) in [7, 11) is 1.65.